The molecule has 2 amide bonds. The van der Waals surface area contributed by atoms with E-state index in [9.17, 15) is 9.59 Å². The van der Waals surface area contributed by atoms with E-state index in [1.165, 1.54) is 16.0 Å². The molecule has 2 heterocycles. The molecule has 0 aromatic carbocycles. The van der Waals surface area contributed by atoms with Crippen molar-refractivity contribution in [2.75, 3.05) is 5.32 Å². The Hall–Kier alpha value is -2.26. The van der Waals surface area contributed by atoms with Crippen molar-refractivity contribution in [1.82, 2.24) is 15.1 Å². The molecule has 25 heavy (non-hydrogen) atoms. The fourth-order valence-electron chi connectivity index (χ4n) is 2.94. The van der Waals surface area contributed by atoms with Crippen LogP contribution in [-0.4, -0.2) is 26.7 Å². The predicted molar refractivity (Wildman–Crippen MR) is 101 cm³/mol. The summed E-state index contributed by atoms with van der Waals surface area (Å²) in [6.45, 7) is 2.19. The number of thiocarbonyl (C=S) groups is 1. The van der Waals surface area contributed by atoms with Crippen LogP contribution in [0, 0.1) is 5.92 Å². The lowest BCUT2D eigenvalue weighted by Crippen LogP contribution is -2.34. The highest BCUT2D eigenvalue weighted by Crippen LogP contribution is 2.39. The number of rotatable bonds is 3. The summed E-state index contributed by atoms with van der Waals surface area (Å²) >= 11 is 6.68. The van der Waals surface area contributed by atoms with Crippen molar-refractivity contribution in [1.29, 1.82) is 0 Å². The standard InChI is InChI=1S/C16H19N5O2S2/c1-8-3-4-9-11(7-8)25-15(12(9)13(17)22)19-16(24)18-14(23)10-5-6-21(2)20-10/h5-6,8H,3-4,7H2,1-2H3,(H2,17,22)(H2,18,19,23,24)/t8-/m0/s1. The monoisotopic (exact) mass is 377 g/mol. The minimum Gasteiger partial charge on any atom is -0.365 e. The van der Waals surface area contributed by atoms with E-state index in [-0.39, 0.29) is 10.8 Å². The Morgan fingerprint density at radius 2 is 2.24 bits per heavy atom. The molecule has 4 N–H and O–H groups in total. The fraction of sp³-hybridized carbons (Fsp3) is 0.375. The normalized spacial score (nSPS) is 16.2. The number of anilines is 1. The maximum absolute atomic E-state index is 12.1. The number of fused-ring (bicyclic) bond motifs is 1. The molecule has 0 unspecified atom stereocenters. The average Bonchev–Trinajstić information content (AvgIpc) is 3.09. The molecule has 0 fully saturated rings. The lowest BCUT2D eigenvalue weighted by molar-refractivity contribution is 0.0970. The van der Waals surface area contributed by atoms with Gasteiger partial charge in [0, 0.05) is 18.1 Å². The zero-order chi connectivity index (χ0) is 18.1. The highest BCUT2D eigenvalue weighted by atomic mass is 32.1. The number of aryl methyl sites for hydroxylation is 1. The Kier molecular flexibility index (Phi) is 4.87. The molecule has 0 aliphatic heterocycles. The summed E-state index contributed by atoms with van der Waals surface area (Å²) in [7, 11) is 1.73. The van der Waals surface area contributed by atoms with Crippen LogP contribution in [-0.2, 0) is 19.9 Å². The average molecular weight is 377 g/mol. The molecule has 2 aromatic rings. The van der Waals surface area contributed by atoms with Crippen molar-refractivity contribution in [2.24, 2.45) is 18.7 Å². The molecule has 132 valence electrons. The van der Waals surface area contributed by atoms with Gasteiger partial charge in [-0.1, -0.05) is 6.92 Å². The van der Waals surface area contributed by atoms with E-state index < -0.39 is 11.8 Å². The first-order chi connectivity index (χ1) is 11.8. The van der Waals surface area contributed by atoms with E-state index in [1.54, 1.807) is 19.3 Å². The predicted octanol–water partition coefficient (Wildman–Crippen LogP) is 1.83. The second kappa shape index (κ2) is 6.93. The number of hydrogen-bond acceptors (Lipinski definition) is 5. The molecule has 7 nitrogen and oxygen atoms in total. The maximum Gasteiger partial charge on any atom is 0.277 e. The highest BCUT2D eigenvalue weighted by Gasteiger charge is 2.27. The van der Waals surface area contributed by atoms with Gasteiger partial charge < -0.3 is 11.1 Å². The Bertz CT molecular complexity index is 855. The van der Waals surface area contributed by atoms with Crippen LogP contribution in [0.4, 0.5) is 5.00 Å². The number of nitrogens with zero attached hydrogens (tertiary/aromatic N) is 2. The molecule has 0 radical (unpaired) electrons. The van der Waals surface area contributed by atoms with Gasteiger partial charge in [-0.15, -0.1) is 11.3 Å². The number of nitrogens with one attached hydrogen (secondary N) is 2. The SMILES string of the molecule is C[C@H]1CCc2c(sc(NC(=S)NC(=O)c3ccn(C)n3)c2C(N)=O)C1. The number of carbonyl (C=O) groups excluding carboxylic acids is 2. The maximum atomic E-state index is 12.1. The number of amides is 2. The van der Waals surface area contributed by atoms with Crippen molar-refractivity contribution in [3.8, 4) is 0 Å². The summed E-state index contributed by atoms with van der Waals surface area (Å²) < 4.78 is 1.53. The molecule has 3 rings (SSSR count). The van der Waals surface area contributed by atoms with Gasteiger partial charge in [0.1, 0.15) is 5.00 Å². The van der Waals surface area contributed by atoms with Gasteiger partial charge in [0.05, 0.1) is 5.56 Å². The lowest BCUT2D eigenvalue weighted by Gasteiger charge is -2.18. The molecule has 1 aliphatic rings. The van der Waals surface area contributed by atoms with Gasteiger partial charge in [-0.2, -0.15) is 5.10 Å². The molecule has 0 bridgehead atoms. The van der Waals surface area contributed by atoms with E-state index in [1.807, 2.05) is 0 Å². The summed E-state index contributed by atoms with van der Waals surface area (Å²) in [6.07, 6.45) is 4.46. The first-order valence-corrected chi connectivity index (χ1v) is 9.14. The van der Waals surface area contributed by atoms with E-state index in [0.717, 1.165) is 29.7 Å². The summed E-state index contributed by atoms with van der Waals surface area (Å²) in [5.74, 6) is -0.308. The van der Waals surface area contributed by atoms with Crippen molar-refractivity contribution >= 4 is 45.5 Å². The number of hydrogen-bond donors (Lipinski definition) is 3. The quantitative estimate of drug-likeness (QED) is 0.708. The fourth-order valence-corrected chi connectivity index (χ4v) is 4.62. The second-order valence-corrected chi connectivity index (χ2v) is 7.72. The summed E-state index contributed by atoms with van der Waals surface area (Å²) in [5.41, 5.74) is 7.34. The van der Waals surface area contributed by atoms with Gasteiger partial charge in [0.25, 0.3) is 11.8 Å². The Morgan fingerprint density at radius 1 is 1.48 bits per heavy atom. The molecule has 0 spiro atoms. The number of nitrogens with two attached hydrogens (primary N) is 1. The van der Waals surface area contributed by atoms with Crippen LogP contribution in [0.1, 0.15) is 44.6 Å². The van der Waals surface area contributed by atoms with Gasteiger partial charge in [-0.3, -0.25) is 19.6 Å². The minimum absolute atomic E-state index is 0.116. The zero-order valence-corrected chi connectivity index (χ0v) is 15.6. The van der Waals surface area contributed by atoms with Crippen LogP contribution in [0.25, 0.3) is 0 Å². The van der Waals surface area contributed by atoms with Gasteiger partial charge >= 0.3 is 0 Å². The molecule has 0 saturated carbocycles. The Balaban J connectivity index is 1.77. The Labute approximate surface area is 154 Å². The van der Waals surface area contributed by atoms with Crippen molar-refractivity contribution in [3.05, 3.63) is 34.0 Å². The van der Waals surface area contributed by atoms with E-state index in [4.69, 9.17) is 18.0 Å². The molecular weight excluding hydrogens is 358 g/mol. The summed E-state index contributed by atoms with van der Waals surface area (Å²) in [4.78, 5) is 25.2. The van der Waals surface area contributed by atoms with Crippen LogP contribution in [0.5, 0.6) is 0 Å². The number of primary amides is 1. The molecule has 2 aromatic heterocycles. The third-order valence-corrected chi connectivity index (χ3v) is 5.53. The summed E-state index contributed by atoms with van der Waals surface area (Å²) in [5, 5.41) is 10.3. The largest absolute Gasteiger partial charge is 0.365 e. The highest BCUT2D eigenvalue weighted by molar-refractivity contribution is 7.80. The third kappa shape index (κ3) is 3.72. The summed E-state index contributed by atoms with van der Waals surface area (Å²) in [6, 6.07) is 1.60. The third-order valence-electron chi connectivity index (χ3n) is 4.16. The van der Waals surface area contributed by atoms with Gasteiger partial charge in [0.2, 0.25) is 0 Å². The van der Waals surface area contributed by atoms with Crippen LogP contribution in [0.3, 0.4) is 0 Å². The van der Waals surface area contributed by atoms with Crippen molar-refractivity contribution in [2.45, 2.75) is 26.2 Å². The Morgan fingerprint density at radius 3 is 2.88 bits per heavy atom. The van der Waals surface area contributed by atoms with Crippen LogP contribution >= 0.6 is 23.6 Å². The van der Waals surface area contributed by atoms with Crippen molar-refractivity contribution in [3.63, 3.8) is 0 Å². The van der Waals surface area contributed by atoms with Crippen LogP contribution in [0.15, 0.2) is 12.3 Å². The number of aromatic nitrogens is 2. The lowest BCUT2D eigenvalue weighted by atomic mass is 9.88. The van der Waals surface area contributed by atoms with E-state index in [2.05, 4.69) is 22.7 Å². The molecule has 9 heteroatoms. The van der Waals surface area contributed by atoms with Gasteiger partial charge in [-0.05, 0) is 49.0 Å². The minimum atomic E-state index is -0.478. The van der Waals surface area contributed by atoms with E-state index >= 15 is 0 Å². The van der Waals surface area contributed by atoms with Crippen molar-refractivity contribution < 1.29 is 9.59 Å². The number of carbonyl (C=O) groups is 2. The second-order valence-electron chi connectivity index (χ2n) is 6.20. The molecule has 0 saturated heterocycles. The molecule has 1 aliphatic carbocycles. The first-order valence-electron chi connectivity index (χ1n) is 7.91. The molecular formula is C16H19N5O2S2. The van der Waals surface area contributed by atoms with E-state index in [0.29, 0.717) is 16.5 Å². The first kappa shape index (κ1) is 17.6. The topological polar surface area (TPSA) is 102 Å². The molecule has 1 atom stereocenters. The van der Waals surface area contributed by atoms with Crippen LogP contribution in [0.2, 0.25) is 0 Å². The zero-order valence-electron chi connectivity index (χ0n) is 14.0. The van der Waals surface area contributed by atoms with Gasteiger partial charge in [-0.25, -0.2) is 0 Å². The smallest absolute Gasteiger partial charge is 0.277 e. The van der Waals surface area contributed by atoms with Gasteiger partial charge in [0.15, 0.2) is 10.8 Å². The van der Waals surface area contributed by atoms with Crippen LogP contribution < -0.4 is 16.4 Å². The number of thiophene rings is 1.